The number of nitrogens with one attached hydrogen (secondary N) is 1. The van der Waals surface area contributed by atoms with Gasteiger partial charge in [-0.25, -0.2) is 4.98 Å². The molecular formula is C18H17ClN2O2. The smallest absolute Gasteiger partial charge is 0.228 e. The molecule has 4 nitrogen and oxygen atoms in total. The highest BCUT2D eigenvalue weighted by Crippen LogP contribution is 2.32. The summed E-state index contributed by atoms with van der Waals surface area (Å²) in [6, 6.07) is 11.1. The van der Waals surface area contributed by atoms with Crippen LogP contribution >= 0.6 is 11.6 Å². The average molecular weight is 329 g/mol. The fourth-order valence-electron chi connectivity index (χ4n) is 2.37. The Hall–Kier alpha value is -2.33. The van der Waals surface area contributed by atoms with Crippen molar-refractivity contribution in [1.82, 2.24) is 4.98 Å². The number of rotatable bonds is 4. The van der Waals surface area contributed by atoms with E-state index in [2.05, 4.69) is 10.3 Å². The molecule has 0 fully saturated rings. The van der Waals surface area contributed by atoms with Gasteiger partial charge >= 0.3 is 0 Å². The van der Waals surface area contributed by atoms with Crippen molar-refractivity contribution in [1.29, 1.82) is 0 Å². The first-order chi connectivity index (χ1) is 11.1. The molecule has 0 spiro atoms. The Bertz CT molecular complexity index is 871. The van der Waals surface area contributed by atoms with E-state index in [9.17, 15) is 4.79 Å². The van der Waals surface area contributed by atoms with Crippen molar-refractivity contribution in [3.63, 3.8) is 0 Å². The molecule has 0 aliphatic heterocycles. The second-order valence-electron chi connectivity index (χ2n) is 5.48. The van der Waals surface area contributed by atoms with Gasteiger partial charge in [0.1, 0.15) is 5.52 Å². The second-order valence-corrected chi connectivity index (χ2v) is 5.89. The van der Waals surface area contributed by atoms with Crippen molar-refractivity contribution < 1.29 is 9.21 Å². The number of amides is 1. The van der Waals surface area contributed by atoms with Gasteiger partial charge in [-0.1, -0.05) is 24.6 Å². The van der Waals surface area contributed by atoms with E-state index >= 15 is 0 Å². The number of aryl methyl sites for hydroxylation is 1. The predicted molar refractivity (Wildman–Crippen MR) is 92.7 cm³/mol. The first-order valence-electron chi connectivity index (χ1n) is 7.54. The lowest BCUT2D eigenvalue weighted by atomic mass is 10.2. The fraction of sp³-hybridized carbons (Fsp3) is 0.222. The molecule has 0 atom stereocenters. The van der Waals surface area contributed by atoms with E-state index in [1.165, 1.54) is 0 Å². The van der Waals surface area contributed by atoms with E-state index in [0.29, 0.717) is 34.2 Å². The number of carbonyl (C=O) groups excluding carboxylic acids is 1. The summed E-state index contributed by atoms with van der Waals surface area (Å²) in [6.45, 7) is 3.97. The summed E-state index contributed by atoms with van der Waals surface area (Å²) in [5, 5.41) is 3.39. The number of oxazole rings is 1. The van der Waals surface area contributed by atoms with Crippen LogP contribution in [0.4, 0.5) is 5.69 Å². The molecule has 0 aliphatic carbocycles. The third kappa shape index (κ3) is 3.37. The summed E-state index contributed by atoms with van der Waals surface area (Å²) in [4.78, 5) is 16.2. The van der Waals surface area contributed by atoms with E-state index < -0.39 is 0 Å². The van der Waals surface area contributed by atoms with Crippen LogP contribution in [0.1, 0.15) is 25.3 Å². The first kappa shape index (κ1) is 15.6. The Kier molecular flexibility index (Phi) is 4.35. The van der Waals surface area contributed by atoms with Gasteiger partial charge in [0, 0.05) is 12.1 Å². The molecule has 0 saturated carbocycles. The van der Waals surface area contributed by atoms with Crippen molar-refractivity contribution >= 4 is 34.3 Å². The van der Waals surface area contributed by atoms with Gasteiger partial charge in [0.05, 0.1) is 10.6 Å². The summed E-state index contributed by atoms with van der Waals surface area (Å²) < 4.78 is 5.79. The number of fused-ring (bicyclic) bond motifs is 1. The number of carbonyl (C=O) groups is 1. The molecule has 5 heteroatoms. The highest BCUT2D eigenvalue weighted by atomic mass is 35.5. The van der Waals surface area contributed by atoms with Crippen LogP contribution < -0.4 is 5.32 Å². The molecule has 3 rings (SSSR count). The first-order valence-corrected chi connectivity index (χ1v) is 7.91. The van der Waals surface area contributed by atoms with Crippen LogP contribution in [0.3, 0.4) is 0 Å². The zero-order chi connectivity index (χ0) is 16.4. The summed E-state index contributed by atoms with van der Waals surface area (Å²) in [5.74, 6) is 0.427. The van der Waals surface area contributed by atoms with Gasteiger partial charge in [-0.05, 0) is 49.2 Å². The Balaban J connectivity index is 1.98. The van der Waals surface area contributed by atoms with E-state index in [0.717, 1.165) is 17.5 Å². The van der Waals surface area contributed by atoms with Crippen molar-refractivity contribution in [2.45, 2.75) is 26.7 Å². The van der Waals surface area contributed by atoms with Crippen molar-refractivity contribution in [2.24, 2.45) is 0 Å². The average Bonchev–Trinajstić information content (AvgIpc) is 2.92. The summed E-state index contributed by atoms with van der Waals surface area (Å²) in [7, 11) is 0. The Morgan fingerprint density at radius 3 is 2.87 bits per heavy atom. The number of hydrogen-bond donors (Lipinski definition) is 1. The van der Waals surface area contributed by atoms with E-state index in [1.54, 1.807) is 18.2 Å². The molecule has 1 aromatic heterocycles. The highest BCUT2D eigenvalue weighted by Gasteiger charge is 2.13. The maximum Gasteiger partial charge on any atom is 0.228 e. The van der Waals surface area contributed by atoms with Crippen LogP contribution in [0.2, 0.25) is 5.02 Å². The zero-order valence-corrected chi connectivity index (χ0v) is 13.8. The van der Waals surface area contributed by atoms with Gasteiger partial charge in [-0.2, -0.15) is 0 Å². The normalized spacial score (nSPS) is 10.9. The SMILES string of the molecule is CCCC(=O)Nc1ccc(Cl)c(-c2nc3cc(C)ccc3o2)c1. The van der Waals surface area contributed by atoms with Crippen molar-refractivity contribution in [2.75, 3.05) is 5.32 Å². The second kappa shape index (κ2) is 6.42. The molecule has 0 unspecified atom stereocenters. The molecule has 3 aromatic rings. The van der Waals surface area contributed by atoms with Crippen LogP contribution in [-0.2, 0) is 4.79 Å². The molecule has 0 aliphatic rings. The standard InChI is InChI=1S/C18H17ClN2O2/c1-3-4-17(22)20-12-6-7-14(19)13(10-12)18-21-15-9-11(2)5-8-16(15)23-18/h5-10H,3-4H2,1-2H3,(H,20,22). The number of nitrogens with zero attached hydrogens (tertiary/aromatic N) is 1. The van der Waals surface area contributed by atoms with E-state index in [4.69, 9.17) is 16.0 Å². The van der Waals surface area contributed by atoms with Gasteiger partial charge in [0.2, 0.25) is 11.8 Å². The third-order valence-electron chi connectivity index (χ3n) is 3.50. The molecule has 118 valence electrons. The molecule has 0 radical (unpaired) electrons. The van der Waals surface area contributed by atoms with Crippen LogP contribution in [0.5, 0.6) is 0 Å². The van der Waals surface area contributed by atoms with Gasteiger partial charge in [0.15, 0.2) is 5.58 Å². The number of anilines is 1. The molecule has 0 saturated heterocycles. The highest BCUT2D eigenvalue weighted by molar-refractivity contribution is 6.33. The minimum absolute atomic E-state index is 0.0195. The topological polar surface area (TPSA) is 55.1 Å². The van der Waals surface area contributed by atoms with Gasteiger partial charge in [-0.15, -0.1) is 0 Å². The lowest BCUT2D eigenvalue weighted by molar-refractivity contribution is -0.116. The van der Waals surface area contributed by atoms with Crippen LogP contribution in [0.25, 0.3) is 22.6 Å². The summed E-state index contributed by atoms with van der Waals surface area (Å²) >= 11 is 6.27. The van der Waals surface area contributed by atoms with Crippen LogP contribution in [0.15, 0.2) is 40.8 Å². The number of benzene rings is 2. The molecule has 1 heterocycles. The monoisotopic (exact) mass is 328 g/mol. The quantitative estimate of drug-likeness (QED) is 0.716. The molecular weight excluding hydrogens is 312 g/mol. The predicted octanol–water partition coefficient (Wildman–Crippen LogP) is 5.20. The molecule has 1 amide bonds. The Labute approximate surface area is 139 Å². The van der Waals surface area contributed by atoms with Gasteiger partial charge in [-0.3, -0.25) is 4.79 Å². The van der Waals surface area contributed by atoms with Crippen LogP contribution in [0, 0.1) is 6.92 Å². The van der Waals surface area contributed by atoms with Gasteiger partial charge in [0.25, 0.3) is 0 Å². The summed E-state index contributed by atoms with van der Waals surface area (Å²) in [6.07, 6.45) is 1.29. The van der Waals surface area contributed by atoms with E-state index in [-0.39, 0.29) is 5.91 Å². The molecule has 1 N–H and O–H groups in total. The van der Waals surface area contributed by atoms with E-state index in [1.807, 2.05) is 32.0 Å². The minimum atomic E-state index is -0.0195. The van der Waals surface area contributed by atoms with Crippen molar-refractivity contribution in [3.05, 3.63) is 47.0 Å². The number of aromatic nitrogens is 1. The Morgan fingerprint density at radius 1 is 1.26 bits per heavy atom. The lowest BCUT2D eigenvalue weighted by Crippen LogP contribution is -2.10. The largest absolute Gasteiger partial charge is 0.436 e. The maximum atomic E-state index is 11.7. The van der Waals surface area contributed by atoms with Crippen molar-refractivity contribution in [3.8, 4) is 11.5 Å². The number of hydrogen-bond acceptors (Lipinski definition) is 3. The number of halogens is 1. The molecule has 23 heavy (non-hydrogen) atoms. The van der Waals surface area contributed by atoms with Gasteiger partial charge < -0.3 is 9.73 Å². The fourth-order valence-corrected chi connectivity index (χ4v) is 2.57. The molecule has 2 aromatic carbocycles. The lowest BCUT2D eigenvalue weighted by Gasteiger charge is -2.07. The third-order valence-corrected chi connectivity index (χ3v) is 3.83. The van der Waals surface area contributed by atoms with Crippen LogP contribution in [-0.4, -0.2) is 10.9 Å². The zero-order valence-electron chi connectivity index (χ0n) is 13.0. The summed E-state index contributed by atoms with van der Waals surface area (Å²) in [5.41, 5.74) is 3.96. The Morgan fingerprint density at radius 2 is 2.09 bits per heavy atom. The minimum Gasteiger partial charge on any atom is -0.436 e. The maximum absolute atomic E-state index is 11.7. The molecule has 0 bridgehead atoms.